The molecular formula is C14H20F2N2O3S. The minimum atomic E-state index is -3.54. The number of ether oxygens (including phenoxy) is 1. The maximum Gasteiger partial charge on any atom is 0.272 e. The molecule has 0 spiro atoms. The number of nitrogens with zero attached hydrogens (tertiary/aromatic N) is 1. The van der Waals surface area contributed by atoms with Crippen LogP contribution in [0.5, 0.6) is 5.75 Å². The largest absolute Gasteiger partial charge is 0.488 e. The Morgan fingerprint density at radius 2 is 2.05 bits per heavy atom. The first-order valence-corrected chi connectivity index (χ1v) is 8.53. The third-order valence-electron chi connectivity index (χ3n) is 3.58. The first-order chi connectivity index (χ1) is 10.4. The van der Waals surface area contributed by atoms with Gasteiger partial charge in [0.05, 0.1) is 4.90 Å². The molecule has 1 unspecified atom stereocenters. The predicted octanol–water partition coefficient (Wildman–Crippen LogP) is 1.56. The highest BCUT2D eigenvalue weighted by molar-refractivity contribution is 7.89. The lowest BCUT2D eigenvalue weighted by Crippen LogP contribution is -2.30. The van der Waals surface area contributed by atoms with Crippen molar-refractivity contribution in [1.29, 1.82) is 0 Å². The number of halogens is 2. The fourth-order valence-electron chi connectivity index (χ4n) is 2.49. The van der Waals surface area contributed by atoms with Crippen LogP contribution in [0.4, 0.5) is 8.78 Å². The molecule has 1 heterocycles. The minimum absolute atomic E-state index is 0.155. The van der Waals surface area contributed by atoms with E-state index in [9.17, 15) is 17.2 Å². The fraction of sp³-hybridized carbons (Fsp3) is 0.571. The number of hydrogen-bond acceptors (Lipinski definition) is 4. The quantitative estimate of drug-likeness (QED) is 0.822. The Hall–Kier alpha value is -1.25. The van der Waals surface area contributed by atoms with E-state index in [0.29, 0.717) is 19.0 Å². The van der Waals surface area contributed by atoms with E-state index in [-0.39, 0.29) is 10.6 Å². The summed E-state index contributed by atoms with van der Waals surface area (Å²) in [4.78, 5) is 0.155. The molecule has 22 heavy (non-hydrogen) atoms. The van der Waals surface area contributed by atoms with Crippen molar-refractivity contribution in [3.8, 4) is 5.75 Å². The van der Waals surface area contributed by atoms with Crippen molar-refractivity contribution >= 4 is 10.0 Å². The van der Waals surface area contributed by atoms with Gasteiger partial charge in [0, 0.05) is 13.1 Å². The summed E-state index contributed by atoms with van der Waals surface area (Å²) in [6, 6.07) is 5.58. The van der Waals surface area contributed by atoms with Gasteiger partial charge in [-0.1, -0.05) is 0 Å². The van der Waals surface area contributed by atoms with Crippen LogP contribution in [-0.2, 0) is 10.0 Å². The van der Waals surface area contributed by atoms with Gasteiger partial charge < -0.3 is 10.1 Å². The van der Waals surface area contributed by atoms with E-state index < -0.39 is 23.1 Å². The van der Waals surface area contributed by atoms with Crippen molar-refractivity contribution in [3.05, 3.63) is 24.3 Å². The van der Waals surface area contributed by atoms with E-state index in [0.717, 1.165) is 13.0 Å². The molecule has 0 aliphatic carbocycles. The number of benzene rings is 1. The molecule has 0 bridgehead atoms. The van der Waals surface area contributed by atoms with Crippen LogP contribution in [0.3, 0.4) is 0 Å². The van der Waals surface area contributed by atoms with E-state index in [1.165, 1.54) is 28.6 Å². The molecule has 8 heteroatoms. The first-order valence-electron chi connectivity index (χ1n) is 7.09. The van der Waals surface area contributed by atoms with Gasteiger partial charge in [-0.3, -0.25) is 0 Å². The van der Waals surface area contributed by atoms with Gasteiger partial charge in [-0.15, -0.1) is 0 Å². The molecule has 1 aromatic carbocycles. The predicted molar refractivity (Wildman–Crippen MR) is 78.7 cm³/mol. The second kappa shape index (κ2) is 7.34. The fourth-order valence-corrected chi connectivity index (χ4v) is 4.02. The van der Waals surface area contributed by atoms with Crippen molar-refractivity contribution in [2.75, 3.05) is 33.3 Å². The molecule has 0 amide bonds. The monoisotopic (exact) mass is 334 g/mol. The highest BCUT2D eigenvalue weighted by atomic mass is 32.2. The number of rotatable bonds is 7. The van der Waals surface area contributed by atoms with E-state index in [1.54, 1.807) is 0 Å². The Bertz CT molecular complexity index is 578. The Kier molecular flexibility index (Phi) is 5.71. The normalized spacial score (nSPS) is 19.7. The molecule has 0 radical (unpaired) electrons. The van der Waals surface area contributed by atoms with Crippen LogP contribution in [0.1, 0.15) is 6.42 Å². The highest BCUT2D eigenvalue weighted by Crippen LogP contribution is 2.25. The second-order valence-electron chi connectivity index (χ2n) is 5.25. The van der Waals surface area contributed by atoms with Crippen molar-refractivity contribution in [2.45, 2.75) is 17.7 Å². The van der Waals surface area contributed by atoms with Crippen LogP contribution in [0.2, 0.25) is 0 Å². The zero-order valence-electron chi connectivity index (χ0n) is 12.3. The molecule has 1 saturated heterocycles. The van der Waals surface area contributed by atoms with E-state index >= 15 is 0 Å². The molecule has 1 fully saturated rings. The molecule has 1 aromatic rings. The van der Waals surface area contributed by atoms with Crippen LogP contribution in [-0.4, -0.2) is 52.4 Å². The van der Waals surface area contributed by atoms with Gasteiger partial charge in [0.2, 0.25) is 10.0 Å². The molecular weight excluding hydrogens is 314 g/mol. The zero-order valence-corrected chi connectivity index (χ0v) is 13.2. The number of sulfonamides is 1. The SMILES string of the molecule is CNCC1CCN(S(=O)(=O)c2ccc(OCC(F)F)cc2)C1. The van der Waals surface area contributed by atoms with Crippen molar-refractivity contribution in [2.24, 2.45) is 5.92 Å². The second-order valence-corrected chi connectivity index (χ2v) is 7.19. The maximum atomic E-state index is 12.5. The van der Waals surface area contributed by atoms with Gasteiger partial charge in [0.25, 0.3) is 6.43 Å². The zero-order chi connectivity index (χ0) is 16.2. The van der Waals surface area contributed by atoms with Gasteiger partial charge in [-0.2, -0.15) is 4.31 Å². The third-order valence-corrected chi connectivity index (χ3v) is 5.46. The molecule has 5 nitrogen and oxygen atoms in total. The lowest BCUT2D eigenvalue weighted by Gasteiger charge is -2.17. The smallest absolute Gasteiger partial charge is 0.272 e. The average molecular weight is 334 g/mol. The molecule has 0 saturated carbocycles. The third kappa shape index (κ3) is 4.15. The number of hydrogen-bond donors (Lipinski definition) is 1. The van der Waals surface area contributed by atoms with Gasteiger partial charge >= 0.3 is 0 Å². The highest BCUT2D eigenvalue weighted by Gasteiger charge is 2.32. The Morgan fingerprint density at radius 1 is 1.36 bits per heavy atom. The van der Waals surface area contributed by atoms with Crippen LogP contribution in [0, 0.1) is 5.92 Å². The molecule has 2 rings (SSSR count). The Morgan fingerprint density at radius 3 is 2.64 bits per heavy atom. The van der Waals surface area contributed by atoms with Crippen molar-refractivity contribution in [3.63, 3.8) is 0 Å². The summed E-state index contributed by atoms with van der Waals surface area (Å²) in [5.74, 6) is 0.544. The summed E-state index contributed by atoms with van der Waals surface area (Å²) in [5, 5.41) is 3.05. The summed E-state index contributed by atoms with van der Waals surface area (Å²) in [6.07, 6.45) is -1.73. The van der Waals surface area contributed by atoms with Gasteiger partial charge in [0.15, 0.2) is 0 Å². The lowest BCUT2D eigenvalue weighted by atomic mass is 10.1. The Labute approximate surface area is 129 Å². The molecule has 1 aliphatic heterocycles. The molecule has 1 atom stereocenters. The number of nitrogens with one attached hydrogen (secondary N) is 1. The van der Waals surface area contributed by atoms with Gasteiger partial charge in [-0.05, 0) is 50.2 Å². The van der Waals surface area contributed by atoms with Crippen molar-refractivity contribution in [1.82, 2.24) is 9.62 Å². The average Bonchev–Trinajstić information content (AvgIpc) is 2.95. The Balaban J connectivity index is 2.04. The van der Waals surface area contributed by atoms with E-state index in [2.05, 4.69) is 5.32 Å². The van der Waals surface area contributed by atoms with Crippen LogP contribution in [0.25, 0.3) is 0 Å². The summed E-state index contributed by atoms with van der Waals surface area (Å²) >= 11 is 0. The number of alkyl halides is 2. The molecule has 0 aromatic heterocycles. The maximum absolute atomic E-state index is 12.5. The first kappa shape index (κ1) is 17.1. The van der Waals surface area contributed by atoms with Crippen LogP contribution >= 0.6 is 0 Å². The summed E-state index contributed by atoms with van der Waals surface area (Å²) in [6.45, 7) is 1.07. The van der Waals surface area contributed by atoms with Crippen molar-refractivity contribution < 1.29 is 21.9 Å². The van der Waals surface area contributed by atoms with Gasteiger partial charge in [0.1, 0.15) is 12.4 Å². The molecule has 124 valence electrons. The summed E-state index contributed by atoms with van der Waals surface area (Å²) in [5.41, 5.74) is 0. The molecule has 1 N–H and O–H groups in total. The van der Waals surface area contributed by atoms with E-state index in [1.807, 2.05) is 7.05 Å². The summed E-state index contributed by atoms with van der Waals surface area (Å²) in [7, 11) is -1.69. The standard InChI is InChI=1S/C14H20F2N2O3S/c1-17-8-11-6-7-18(9-11)22(19,20)13-4-2-12(3-5-13)21-10-14(15)16/h2-5,11,14,17H,6-10H2,1H3. The molecule has 1 aliphatic rings. The van der Waals surface area contributed by atoms with Crippen LogP contribution in [0.15, 0.2) is 29.2 Å². The van der Waals surface area contributed by atoms with Crippen LogP contribution < -0.4 is 10.1 Å². The minimum Gasteiger partial charge on any atom is -0.488 e. The van der Waals surface area contributed by atoms with Gasteiger partial charge in [-0.25, -0.2) is 17.2 Å². The topological polar surface area (TPSA) is 58.6 Å². The van der Waals surface area contributed by atoms with E-state index in [4.69, 9.17) is 4.74 Å². The lowest BCUT2D eigenvalue weighted by molar-refractivity contribution is 0.0819. The summed E-state index contributed by atoms with van der Waals surface area (Å²) < 4.78 is 55.4.